The van der Waals surface area contributed by atoms with Crippen molar-refractivity contribution in [1.82, 2.24) is 10.2 Å². The number of carboxylic acids is 1. The molecule has 0 rings (SSSR count). The van der Waals surface area contributed by atoms with E-state index in [4.69, 9.17) is 10.8 Å². The summed E-state index contributed by atoms with van der Waals surface area (Å²) in [7, 11) is 1.59. The molecule has 4 N–H and O–H groups in total. The van der Waals surface area contributed by atoms with Crippen molar-refractivity contribution >= 4 is 17.9 Å². The molecule has 0 aliphatic heterocycles. The molecule has 7 heteroatoms. The van der Waals surface area contributed by atoms with Gasteiger partial charge in [0.25, 0.3) is 0 Å². The summed E-state index contributed by atoms with van der Waals surface area (Å²) in [6.07, 6.45) is -0.0972. The summed E-state index contributed by atoms with van der Waals surface area (Å²) >= 11 is 0. The lowest BCUT2D eigenvalue weighted by Gasteiger charge is -2.27. The summed E-state index contributed by atoms with van der Waals surface area (Å²) in [6, 6.07) is -1.59. The third-order valence-electron chi connectivity index (χ3n) is 2.33. The number of hydrogen-bond donors (Lipinski definition) is 3. The predicted octanol–water partition coefficient (Wildman–Crippen LogP) is 0.393. The van der Waals surface area contributed by atoms with E-state index in [2.05, 4.69) is 5.32 Å². The van der Waals surface area contributed by atoms with Crippen LogP contribution in [0, 0.1) is 5.41 Å². The summed E-state index contributed by atoms with van der Waals surface area (Å²) in [6.45, 7) is 6.40. The van der Waals surface area contributed by atoms with Gasteiger partial charge in [0.15, 0.2) is 0 Å². The Morgan fingerprint density at radius 3 is 2.21 bits per heavy atom. The van der Waals surface area contributed by atoms with Gasteiger partial charge in [0.2, 0.25) is 5.91 Å². The minimum Gasteiger partial charge on any atom is -0.480 e. The monoisotopic (exact) mass is 273 g/mol. The maximum atomic E-state index is 11.8. The first kappa shape index (κ1) is 17.2. The minimum atomic E-state index is -1.18. The second-order valence-corrected chi connectivity index (χ2v) is 5.76. The van der Waals surface area contributed by atoms with E-state index in [1.54, 1.807) is 7.05 Å². The molecule has 0 aromatic rings. The van der Waals surface area contributed by atoms with Gasteiger partial charge >= 0.3 is 12.0 Å². The molecule has 0 unspecified atom stereocenters. The average molecular weight is 273 g/mol. The molecule has 0 radical (unpaired) electrons. The zero-order chi connectivity index (χ0) is 15.2. The van der Waals surface area contributed by atoms with Crippen molar-refractivity contribution in [2.45, 2.75) is 39.7 Å². The van der Waals surface area contributed by atoms with Gasteiger partial charge in [-0.2, -0.15) is 0 Å². The molecule has 0 aliphatic rings. The maximum absolute atomic E-state index is 11.8. The van der Waals surface area contributed by atoms with Crippen LogP contribution in [-0.4, -0.2) is 47.5 Å². The van der Waals surface area contributed by atoms with Gasteiger partial charge in [0.1, 0.15) is 6.04 Å². The number of carboxylic acid groups (broad SMARTS) is 1. The van der Waals surface area contributed by atoms with Crippen LogP contribution in [0.1, 0.15) is 33.6 Å². The van der Waals surface area contributed by atoms with E-state index in [1.165, 1.54) is 4.90 Å². The number of hydrogen-bond acceptors (Lipinski definition) is 3. The van der Waals surface area contributed by atoms with Crippen LogP contribution in [0.4, 0.5) is 4.79 Å². The lowest BCUT2D eigenvalue weighted by molar-refractivity contribution is -0.139. The third kappa shape index (κ3) is 8.01. The minimum absolute atomic E-state index is 0.0141. The van der Waals surface area contributed by atoms with Crippen LogP contribution < -0.4 is 11.1 Å². The Bertz CT molecular complexity index is 349. The highest BCUT2D eigenvalue weighted by Crippen LogP contribution is 2.14. The number of urea groups is 1. The molecule has 7 nitrogen and oxygen atoms in total. The molecular weight excluding hydrogens is 250 g/mol. The van der Waals surface area contributed by atoms with Crippen LogP contribution in [0.3, 0.4) is 0 Å². The number of primary amides is 1. The van der Waals surface area contributed by atoms with E-state index in [1.807, 2.05) is 20.8 Å². The third-order valence-corrected chi connectivity index (χ3v) is 2.33. The number of rotatable bonds is 6. The normalized spacial score (nSPS) is 12.6. The van der Waals surface area contributed by atoms with Crippen LogP contribution in [0.15, 0.2) is 0 Å². The van der Waals surface area contributed by atoms with E-state index >= 15 is 0 Å². The van der Waals surface area contributed by atoms with Crippen molar-refractivity contribution in [3.8, 4) is 0 Å². The van der Waals surface area contributed by atoms with E-state index < -0.39 is 23.9 Å². The smallest absolute Gasteiger partial charge is 0.326 e. The van der Waals surface area contributed by atoms with Crippen molar-refractivity contribution < 1.29 is 19.5 Å². The molecule has 0 bridgehead atoms. The fraction of sp³-hybridized carbons (Fsp3) is 0.750. The SMILES string of the molecule is CN(CC(C)(C)C)C(=O)N[C@H](CCC(N)=O)C(=O)O. The highest BCUT2D eigenvalue weighted by molar-refractivity contribution is 5.83. The van der Waals surface area contributed by atoms with E-state index in [0.717, 1.165) is 0 Å². The molecule has 110 valence electrons. The van der Waals surface area contributed by atoms with Crippen LogP contribution in [0.5, 0.6) is 0 Å². The molecule has 0 aromatic heterocycles. The van der Waals surface area contributed by atoms with Crippen molar-refractivity contribution in [2.24, 2.45) is 11.1 Å². The van der Waals surface area contributed by atoms with Gasteiger partial charge in [-0.1, -0.05) is 20.8 Å². The van der Waals surface area contributed by atoms with Gasteiger partial charge in [0.05, 0.1) is 0 Å². The number of carbonyl (C=O) groups excluding carboxylic acids is 2. The first-order valence-corrected chi connectivity index (χ1v) is 6.05. The van der Waals surface area contributed by atoms with Gasteiger partial charge in [-0.05, 0) is 11.8 Å². The van der Waals surface area contributed by atoms with Gasteiger partial charge in [0, 0.05) is 20.0 Å². The Morgan fingerprint density at radius 2 is 1.84 bits per heavy atom. The quantitative estimate of drug-likeness (QED) is 0.649. The van der Waals surface area contributed by atoms with Gasteiger partial charge in [-0.15, -0.1) is 0 Å². The first-order chi connectivity index (χ1) is 8.53. The number of aliphatic carboxylic acids is 1. The second-order valence-electron chi connectivity index (χ2n) is 5.76. The Balaban J connectivity index is 4.46. The number of amides is 3. The summed E-state index contributed by atoms with van der Waals surface area (Å²) in [5, 5.41) is 11.3. The summed E-state index contributed by atoms with van der Waals surface area (Å²) in [4.78, 5) is 34.8. The zero-order valence-corrected chi connectivity index (χ0v) is 11.9. The second kappa shape index (κ2) is 6.96. The first-order valence-electron chi connectivity index (χ1n) is 6.05. The largest absolute Gasteiger partial charge is 0.480 e. The molecule has 0 aromatic carbocycles. The number of nitrogens with one attached hydrogen (secondary N) is 1. The fourth-order valence-electron chi connectivity index (χ4n) is 1.59. The highest BCUT2D eigenvalue weighted by atomic mass is 16.4. The Labute approximate surface area is 113 Å². The van der Waals surface area contributed by atoms with Crippen molar-refractivity contribution in [1.29, 1.82) is 0 Å². The Morgan fingerprint density at radius 1 is 1.32 bits per heavy atom. The van der Waals surface area contributed by atoms with Crippen molar-refractivity contribution in [3.05, 3.63) is 0 Å². The molecule has 0 aliphatic carbocycles. The summed E-state index contributed by atoms with van der Waals surface area (Å²) in [5.74, 6) is -1.78. The van der Waals surface area contributed by atoms with Gasteiger partial charge < -0.3 is 21.1 Å². The van der Waals surface area contributed by atoms with Gasteiger partial charge in [-0.25, -0.2) is 9.59 Å². The van der Waals surface area contributed by atoms with Crippen LogP contribution in [-0.2, 0) is 9.59 Å². The molecule has 0 saturated heterocycles. The Kier molecular flexibility index (Phi) is 6.31. The predicted molar refractivity (Wildman–Crippen MR) is 70.5 cm³/mol. The molecule has 0 saturated carbocycles. The van der Waals surface area contributed by atoms with Crippen LogP contribution in [0.2, 0.25) is 0 Å². The van der Waals surface area contributed by atoms with E-state index in [-0.39, 0.29) is 18.3 Å². The maximum Gasteiger partial charge on any atom is 0.326 e. The molecule has 0 heterocycles. The van der Waals surface area contributed by atoms with Crippen LogP contribution in [0.25, 0.3) is 0 Å². The molecule has 1 atom stereocenters. The van der Waals surface area contributed by atoms with Crippen molar-refractivity contribution in [2.75, 3.05) is 13.6 Å². The fourth-order valence-corrected chi connectivity index (χ4v) is 1.59. The average Bonchev–Trinajstić information content (AvgIpc) is 2.20. The highest BCUT2D eigenvalue weighted by Gasteiger charge is 2.24. The van der Waals surface area contributed by atoms with Crippen LogP contribution >= 0.6 is 0 Å². The van der Waals surface area contributed by atoms with Gasteiger partial charge in [-0.3, -0.25) is 4.79 Å². The lowest BCUT2D eigenvalue weighted by atomic mass is 9.96. The molecule has 3 amide bonds. The van der Waals surface area contributed by atoms with E-state index in [0.29, 0.717) is 6.54 Å². The number of carbonyl (C=O) groups is 3. The number of nitrogens with two attached hydrogens (primary N) is 1. The molecule has 19 heavy (non-hydrogen) atoms. The molecule has 0 fully saturated rings. The zero-order valence-electron chi connectivity index (χ0n) is 11.9. The summed E-state index contributed by atoms with van der Waals surface area (Å²) in [5.41, 5.74) is 4.87. The number of nitrogens with zero attached hydrogens (tertiary/aromatic N) is 1. The molecular formula is C12H23N3O4. The standard InChI is InChI=1S/C12H23N3O4/c1-12(2,3)7-15(4)11(19)14-8(10(17)18)5-6-9(13)16/h8H,5-7H2,1-4H3,(H2,13,16)(H,14,19)(H,17,18)/t8-/m1/s1. The lowest BCUT2D eigenvalue weighted by Crippen LogP contribution is -2.48. The molecule has 0 spiro atoms. The summed E-state index contributed by atoms with van der Waals surface area (Å²) < 4.78 is 0. The topological polar surface area (TPSA) is 113 Å². The van der Waals surface area contributed by atoms with E-state index in [9.17, 15) is 14.4 Å². The van der Waals surface area contributed by atoms with Crippen molar-refractivity contribution in [3.63, 3.8) is 0 Å². The Hall–Kier alpha value is -1.79.